The summed E-state index contributed by atoms with van der Waals surface area (Å²) >= 11 is 0. The van der Waals surface area contributed by atoms with Gasteiger partial charge >= 0.3 is 0 Å². The minimum Gasteiger partial charge on any atom is -0.388 e. The number of hydrogen-bond donors (Lipinski definition) is 1. The van der Waals surface area contributed by atoms with E-state index in [-0.39, 0.29) is 0 Å². The van der Waals surface area contributed by atoms with E-state index < -0.39 is 6.10 Å². The summed E-state index contributed by atoms with van der Waals surface area (Å²) in [4.78, 5) is 4.18. The van der Waals surface area contributed by atoms with Gasteiger partial charge in [-0.15, -0.1) is 0 Å². The lowest BCUT2D eigenvalue weighted by atomic mass is 9.91. The molecule has 1 N–H and O–H groups in total. The van der Waals surface area contributed by atoms with Crippen LogP contribution in [0.4, 0.5) is 0 Å². The summed E-state index contributed by atoms with van der Waals surface area (Å²) in [5, 5.41) is 12.7. The van der Waals surface area contributed by atoms with E-state index in [1.165, 1.54) is 24.8 Å². The summed E-state index contributed by atoms with van der Waals surface area (Å²) in [7, 11) is 0. The fourth-order valence-electron chi connectivity index (χ4n) is 2.88. The molecule has 0 radical (unpaired) electrons. The SMILES string of the molecule is OC(CC1=CCCCC1)c1cccc2ccncc12. The highest BCUT2D eigenvalue weighted by Gasteiger charge is 2.14. The number of hydrogen-bond acceptors (Lipinski definition) is 2. The summed E-state index contributed by atoms with van der Waals surface area (Å²) in [6.07, 6.45) is 11.1. The number of aliphatic hydroxyl groups is 1. The predicted molar refractivity (Wildman–Crippen MR) is 77.9 cm³/mol. The van der Waals surface area contributed by atoms with Crippen LogP contribution >= 0.6 is 0 Å². The molecule has 2 aromatic rings. The first kappa shape index (κ1) is 12.4. The second-order valence-electron chi connectivity index (χ2n) is 5.27. The third kappa shape index (κ3) is 2.69. The average molecular weight is 253 g/mol. The van der Waals surface area contributed by atoms with E-state index in [1.54, 1.807) is 6.20 Å². The third-order valence-electron chi connectivity index (χ3n) is 3.92. The highest BCUT2D eigenvalue weighted by atomic mass is 16.3. The Bertz CT molecular complexity index is 598. The molecule has 0 amide bonds. The Hall–Kier alpha value is -1.67. The summed E-state index contributed by atoms with van der Waals surface area (Å²) in [6.45, 7) is 0. The Labute approximate surface area is 113 Å². The molecule has 0 bridgehead atoms. The van der Waals surface area contributed by atoms with Crippen LogP contribution in [0, 0.1) is 0 Å². The highest BCUT2D eigenvalue weighted by Crippen LogP contribution is 2.30. The predicted octanol–water partition coefficient (Wildman–Crippen LogP) is 4.16. The zero-order valence-electron chi connectivity index (χ0n) is 11.0. The molecule has 2 nitrogen and oxygen atoms in total. The average Bonchev–Trinajstić information content (AvgIpc) is 2.47. The summed E-state index contributed by atoms with van der Waals surface area (Å²) < 4.78 is 0. The van der Waals surface area contributed by atoms with Crippen LogP contribution in [0.2, 0.25) is 0 Å². The molecule has 1 aliphatic carbocycles. The number of aromatic nitrogens is 1. The van der Waals surface area contributed by atoms with Crippen LogP contribution in [-0.4, -0.2) is 10.1 Å². The Morgan fingerprint density at radius 1 is 1.21 bits per heavy atom. The number of fused-ring (bicyclic) bond motifs is 1. The van der Waals surface area contributed by atoms with Gasteiger partial charge in [0.15, 0.2) is 0 Å². The maximum atomic E-state index is 10.5. The standard InChI is InChI=1S/C17H19NO/c19-17(11-13-5-2-1-3-6-13)15-8-4-7-14-9-10-18-12-16(14)15/h4-5,7-10,12,17,19H,1-3,6,11H2. The van der Waals surface area contributed by atoms with E-state index >= 15 is 0 Å². The van der Waals surface area contributed by atoms with E-state index in [0.29, 0.717) is 0 Å². The first-order valence-corrected chi connectivity index (χ1v) is 7.03. The van der Waals surface area contributed by atoms with Gasteiger partial charge in [-0.1, -0.05) is 29.8 Å². The van der Waals surface area contributed by atoms with Gasteiger partial charge in [0.2, 0.25) is 0 Å². The van der Waals surface area contributed by atoms with Gasteiger partial charge in [-0.05, 0) is 49.1 Å². The quantitative estimate of drug-likeness (QED) is 0.833. The van der Waals surface area contributed by atoms with E-state index in [1.807, 2.05) is 24.4 Å². The summed E-state index contributed by atoms with van der Waals surface area (Å²) in [5.74, 6) is 0. The molecular weight excluding hydrogens is 234 g/mol. The van der Waals surface area contributed by atoms with Gasteiger partial charge in [-0.3, -0.25) is 4.98 Å². The molecule has 19 heavy (non-hydrogen) atoms. The molecule has 0 fully saturated rings. The van der Waals surface area contributed by atoms with Crippen LogP contribution in [0.3, 0.4) is 0 Å². The fraction of sp³-hybridized carbons (Fsp3) is 0.353. The number of nitrogens with zero attached hydrogens (tertiary/aromatic N) is 1. The van der Waals surface area contributed by atoms with Gasteiger partial charge in [0, 0.05) is 17.8 Å². The number of aliphatic hydroxyl groups excluding tert-OH is 1. The Kier molecular flexibility index (Phi) is 3.60. The van der Waals surface area contributed by atoms with Crippen LogP contribution < -0.4 is 0 Å². The first-order valence-electron chi connectivity index (χ1n) is 7.03. The molecule has 1 atom stereocenters. The topological polar surface area (TPSA) is 33.1 Å². The number of pyridine rings is 1. The smallest absolute Gasteiger partial charge is 0.0833 e. The fourth-order valence-corrected chi connectivity index (χ4v) is 2.88. The van der Waals surface area contributed by atoms with Gasteiger partial charge in [0.25, 0.3) is 0 Å². The van der Waals surface area contributed by atoms with Crippen molar-refractivity contribution in [1.29, 1.82) is 0 Å². The minimum absolute atomic E-state index is 0.419. The van der Waals surface area contributed by atoms with Gasteiger partial charge in [0.05, 0.1) is 6.10 Å². The van der Waals surface area contributed by atoms with Crippen molar-refractivity contribution in [1.82, 2.24) is 4.98 Å². The lowest BCUT2D eigenvalue weighted by Crippen LogP contribution is -2.02. The molecule has 1 unspecified atom stereocenters. The number of benzene rings is 1. The van der Waals surface area contributed by atoms with Crippen molar-refractivity contribution in [2.24, 2.45) is 0 Å². The molecule has 1 aromatic heterocycles. The normalized spacial score (nSPS) is 17.2. The zero-order chi connectivity index (χ0) is 13.1. The largest absolute Gasteiger partial charge is 0.388 e. The van der Waals surface area contributed by atoms with E-state index in [2.05, 4.69) is 17.1 Å². The lowest BCUT2D eigenvalue weighted by molar-refractivity contribution is 0.178. The number of rotatable bonds is 3. The molecule has 0 spiro atoms. The zero-order valence-corrected chi connectivity index (χ0v) is 11.0. The van der Waals surface area contributed by atoms with Crippen LogP contribution in [0.25, 0.3) is 10.8 Å². The van der Waals surface area contributed by atoms with E-state index in [4.69, 9.17) is 0 Å². The molecule has 98 valence electrons. The second-order valence-corrected chi connectivity index (χ2v) is 5.27. The van der Waals surface area contributed by atoms with Crippen molar-refractivity contribution in [2.75, 3.05) is 0 Å². The molecule has 0 aliphatic heterocycles. The molecule has 3 rings (SSSR count). The van der Waals surface area contributed by atoms with Crippen molar-refractivity contribution < 1.29 is 5.11 Å². The van der Waals surface area contributed by atoms with Crippen LogP contribution in [-0.2, 0) is 0 Å². The maximum Gasteiger partial charge on any atom is 0.0833 e. The lowest BCUT2D eigenvalue weighted by Gasteiger charge is -2.18. The Balaban J connectivity index is 1.88. The summed E-state index contributed by atoms with van der Waals surface area (Å²) in [5.41, 5.74) is 2.40. The molecule has 1 heterocycles. The van der Waals surface area contributed by atoms with Crippen molar-refractivity contribution in [3.05, 3.63) is 53.9 Å². The van der Waals surface area contributed by atoms with E-state index in [9.17, 15) is 5.11 Å². The molecule has 0 saturated carbocycles. The van der Waals surface area contributed by atoms with Crippen molar-refractivity contribution >= 4 is 10.8 Å². The maximum absolute atomic E-state index is 10.5. The van der Waals surface area contributed by atoms with Crippen molar-refractivity contribution in [3.63, 3.8) is 0 Å². The second kappa shape index (κ2) is 5.54. The Morgan fingerprint density at radius 3 is 3.00 bits per heavy atom. The highest BCUT2D eigenvalue weighted by molar-refractivity contribution is 5.85. The summed E-state index contributed by atoms with van der Waals surface area (Å²) in [6, 6.07) is 8.08. The van der Waals surface area contributed by atoms with Crippen molar-refractivity contribution in [3.8, 4) is 0 Å². The van der Waals surface area contributed by atoms with Gasteiger partial charge < -0.3 is 5.11 Å². The van der Waals surface area contributed by atoms with Gasteiger partial charge in [-0.2, -0.15) is 0 Å². The molecular formula is C17H19NO. The van der Waals surface area contributed by atoms with Gasteiger partial charge in [0.1, 0.15) is 0 Å². The van der Waals surface area contributed by atoms with Crippen LogP contribution in [0.15, 0.2) is 48.3 Å². The van der Waals surface area contributed by atoms with Crippen molar-refractivity contribution in [2.45, 2.75) is 38.2 Å². The molecule has 1 aliphatic rings. The molecule has 2 heteroatoms. The van der Waals surface area contributed by atoms with Gasteiger partial charge in [-0.25, -0.2) is 0 Å². The molecule has 1 aromatic carbocycles. The van der Waals surface area contributed by atoms with E-state index in [0.717, 1.165) is 29.2 Å². The first-order chi connectivity index (χ1) is 9.34. The molecule has 0 saturated heterocycles. The minimum atomic E-state index is -0.419. The van der Waals surface area contributed by atoms with Crippen LogP contribution in [0.1, 0.15) is 43.8 Å². The number of allylic oxidation sites excluding steroid dienone is 1. The van der Waals surface area contributed by atoms with Crippen LogP contribution in [0.5, 0.6) is 0 Å². The third-order valence-corrected chi connectivity index (χ3v) is 3.92. The monoisotopic (exact) mass is 253 g/mol. The Morgan fingerprint density at radius 2 is 2.16 bits per heavy atom.